The van der Waals surface area contributed by atoms with Crippen LogP contribution in [0.5, 0.6) is 5.75 Å². The third-order valence-corrected chi connectivity index (χ3v) is 4.36. The molecule has 0 heterocycles. The van der Waals surface area contributed by atoms with Crippen molar-refractivity contribution in [2.75, 3.05) is 0 Å². The topological polar surface area (TPSA) is 36.8 Å². The second-order valence-electron chi connectivity index (χ2n) is 6.68. The Balaban J connectivity index is 0.00000264. The Bertz CT molecular complexity index is 625. The van der Waals surface area contributed by atoms with E-state index in [0.717, 1.165) is 11.1 Å². The molecule has 0 spiro atoms. The summed E-state index contributed by atoms with van der Waals surface area (Å²) in [7, 11) is 0. The number of aromatic hydroxyl groups is 1. The van der Waals surface area contributed by atoms with E-state index in [9.17, 15) is 5.11 Å². The Morgan fingerprint density at radius 1 is 0.957 bits per heavy atom. The molecule has 0 saturated carbocycles. The van der Waals surface area contributed by atoms with E-state index < -0.39 is 0 Å². The zero-order chi connectivity index (χ0) is 16.3. The van der Waals surface area contributed by atoms with Gasteiger partial charge in [-0.15, -0.1) is 0 Å². The second kappa shape index (κ2) is 8.37. The van der Waals surface area contributed by atoms with E-state index in [2.05, 4.69) is 69.4 Å². The number of phenolic OH excluding ortho intramolecular Hbond substituents is 1. The van der Waals surface area contributed by atoms with Crippen LogP contribution in [-0.2, 0) is 0 Å². The largest absolute Gasteiger partial charge is 1.00 e. The van der Waals surface area contributed by atoms with E-state index in [-0.39, 0.29) is 18.4 Å². The molecular weight excluding hydrogens is 306 g/mol. The van der Waals surface area contributed by atoms with E-state index in [1.54, 1.807) is 0 Å². The van der Waals surface area contributed by atoms with E-state index >= 15 is 0 Å². The predicted octanol–water partition coefficient (Wildman–Crippen LogP) is 1.03. The molecule has 0 saturated heterocycles. The number of benzene rings is 2. The smallest absolute Gasteiger partial charge is 0.127 e. The van der Waals surface area contributed by atoms with Crippen molar-refractivity contribution in [1.29, 1.82) is 0 Å². The Hall–Kier alpha value is -1.51. The van der Waals surface area contributed by atoms with Crippen molar-refractivity contribution in [3.8, 4) is 5.75 Å². The summed E-state index contributed by atoms with van der Waals surface area (Å²) >= 11 is 0. The lowest BCUT2D eigenvalue weighted by molar-refractivity contribution is -0.737. The van der Waals surface area contributed by atoms with Gasteiger partial charge >= 0.3 is 0 Å². The highest BCUT2D eigenvalue weighted by Gasteiger charge is 2.24. The maximum Gasteiger partial charge on any atom is 0.127 e. The highest BCUT2D eigenvalue weighted by atomic mass is 35.5. The summed E-state index contributed by atoms with van der Waals surface area (Å²) in [5.41, 5.74) is 4.52. The molecule has 2 nitrogen and oxygen atoms in total. The molecule has 23 heavy (non-hydrogen) atoms. The third kappa shape index (κ3) is 4.73. The second-order valence-corrected chi connectivity index (χ2v) is 6.68. The van der Waals surface area contributed by atoms with Gasteiger partial charge in [0.15, 0.2) is 0 Å². The van der Waals surface area contributed by atoms with Gasteiger partial charge in [0.2, 0.25) is 0 Å². The molecule has 0 fully saturated rings. The van der Waals surface area contributed by atoms with Gasteiger partial charge in [0, 0.05) is 11.5 Å². The lowest BCUT2D eigenvalue weighted by Gasteiger charge is -2.24. The average molecular weight is 334 g/mol. The molecule has 0 radical (unpaired) electrons. The number of aryl methyl sites for hydroxylation is 2. The van der Waals surface area contributed by atoms with E-state index in [4.69, 9.17) is 0 Å². The lowest BCUT2D eigenvalue weighted by Crippen LogP contribution is -3.00. The molecular formula is C20H28ClNO. The molecule has 3 heteroatoms. The fraction of sp³-hybridized carbons (Fsp3) is 0.400. The Labute approximate surface area is 146 Å². The highest BCUT2D eigenvalue weighted by Crippen LogP contribution is 2.28. The van der Waals surface area contributed by atoms with Crippen LogP contribution in [0.4, 0.5) is 0 Å². The van der Waals surface area contributed by atoms with Crippen molar-refractivity contribution >= 4 is 0 Å². The molecule has 0 amide bonds. The Morgan fingerprint density at radius 3 is 2.13 bits per heavy atom. The van der Waals surface area contributed by atoms with Gasteiger partial charge in [0.1, 0.15) is 17.8 Å². The van der Waals surface area contributed by atoms with Crippen LogP contribution in [0.15, 0.2) is 42.5 Å². The SMILES string of the molecule is Cc1cc(C)c(O)c([C@@H](C)[NH2+][C@@H](c2ccccc2)C(C)C)c1.[Cl-]. The summed E-state index contributed by atoms with van der Waals surface area (Å²) < 4.78 is 0. The molecule has 2 rings (SSSR count). The van der Waals surface area contributed by atoms with E-state index in [0.29, 0.717) is 17.7 Å². The van der Waals surface area contributed by atoms with Crippen LogP contribution < -0.4 is 17.7 Å². The number of halogens is 1. The number of hydrogen-bond acceptors (Lipinski definition) is 1. The van der Waals surface area contributed by atoms with Crippen molar-refractivity contribution in [3.05, 3.63) is 64.7 Å². The van der Waals surface area contributed by atoms with Crippen LogP contribution in [0.2, 0.25) is 0 Å². The first-order chi connectivity index (χ1) is 10.4. The molecule has 0 aromatic heterocycles. The van der Waals surface area contributed by atoms with Crippen LogP contribution in [0.3, 0.4) is 0 Å². The van der Waals surface area contributed by atoms with Crippen molar-refractivity contribution in [2.45, 2.75) is 46.7 Å². The number of rotatable bonds is 5. The lowest BCUT2D eigenvalue weighted by atomic mass is 9.93. The molecule has 0 bridgehead atoms. The number of hydrogen-bond donors (Lipinski definition) is 2. The normalized spacial score (nSPS) is 13.5. The van der Waals surface area contributed by atoms with Gasteiger partial charge in [-0.3, -0.25) is 0 Å². The van der Waals surface area contributed by atoms with E-state index in [1.807, 2.05) is 13.0 Å². The summed E-state index contributed by atoms with van der Waals surface area (Å²) in [5.74, 6) is 0.961. The molecule has 2 aromatic carbocycles. The molecule has 0 aliphatic rings. The first-order valence-electron chi connectivity index (χ1n) is 8.10. The zero-order valence-electron chi connectivity index (χ0n) is 14.7. The van der Waals surface area contributed by atoms with Crippen LogP contribution >= 0.6 is 0 Å². The monoisotopic (exact) mass is 333 g/mol. The Morgan fingerprint density at radius 2 is 1.57 bits per heavy atom. The van der Waals surface area contributed by atoms with Crippen LogP contribution in [0.25, 0.3) is 0 Å². The third-order valence-electron chi connectivity index (χ3n) is 4.36. The fourth-order valence-electron chi connectivity index (χ4n) is 3.15. The highest BCUT2D eigenvalue weighted by molar-refractivity contribution is 5.43. The molecule has 2 atom stereocenters. The molecule has 3 N–H and O–H groups in total. The minimum absolute atomic E-state index is 0. The number of nitrogens with two attached hydrogens (primary N) is 1. The van der Waals surface area contributed by atoms with Crippen LogP contribution in [0.1, 0.15) is 55.1 Å². The first-order valence-corrected chi connectivity index (χ1v) is 8.10. The van der Waals surface area contributed by atoms with Gasteiger partial charge in [-0.1, -0.05) is 55.8 Å². The van der Waals surface area contributed by atoms with Gasteiger partial charge in [0.05, 0.1) is 5.56 Å². The Kier molecular flexibility index (Phi) is 7.11. The van der Waals surface area contributed by atoms with Crippen molar-refractivity contribution < 1.29 is 22.8 Å². The standard InChI is InChI=1S/C20H27NO.ClH/c1-13(2)19(17-9-7-6-8-10-17)21-16(5)18-12-14(3)11-15(4)20(18)22;/h6-13,16,19,21-22H,1-5H3;1H/t16-,19-;/m1./s1. The molecule has 0 aliphatic heterocycles. The number of quaternary nitrogens is 1. The summed E-state index contributed by atoms with van der Waals surface area (Å²) in [4.78, 5) is 0. The first kappa shape index (κ1) is 19.5. The van der Waals surface area contributed by atoms with Crippen LogP contribution in [0, 0.1) is 19.8 Å². The summed E-state index contributed by atoms with van der Waals surface area (Å²) in [6.45, 7) is 10.7. The van der Waals surface area contributed by atoms with Crippen molar-refractivity contribution in [3.63, 3.8) is 0 Å². The van der Waals surface area contributed by atoms with Gasteiger partial charge in [-0.25, -0.2) is 0 Å². The van der Waals surface area contributed by atoms with Gasteiger partial charge < -0.3 is 22.8 Å². The van der Waals surface area contributed by atoms with Gasteiger partial charge in [-0.05, 0) is 32.4 Å². The molecule has 2 aromatic rings. The minimum Gasteiger partial charge on any atom is -1.00 e. The zero-order valence-corrected chi connectivity index (χ0v) is 15.4. The minimum atomic E-state index is 0. The van der Waals surface area contributed by atoms with Crippen LogP contribution in [-0.4, -0.2) is 5.11 Å². The maximum absolute atomic E-state index is 10.4. The summed E-state index contributed by atoms with van der Waals surface area (Å²) in [5, 5.41) is 12.8. The van der Waals surface area contributed by atoms with Crippen molar-refractivity contribution in [2.24, 2.45) is 5.92 Å². The molecule has 0 aliphatic carbocycles. The van der Waals surface area contributed by atoms with Crippen molar-refractivity contribution in [1.82, 2.24) is 0 Å². The molecule has 126 valence electrons. The van der Waals surface area contributed by atoms with Gasteiger partial charge in [-0.2, -0.15) is 0 Å². The molecule has 0 unspecified atom stereocenters. The predicted molar refractivity (Wildman–Crippen MR) is 91.9 cm³/mol. The summed E-state index contributed by atoms with van der Waals surface area (Å²) in [6.07, 6.45) is 0. The average Bonchev–Trinajstić information content (AvgIpc) is 2.48. The van der Waals surface area contributed by atoms with E-state index in [1.165, 1.54) is 11.1 Å². The number of phenols is 1. The maximum atomic E-state index is 10.4. The fourth-order valence-corrected chi connectivity index (χ4v) is 3.15. The van der Waals surface area contributed by atoms with Gasteiger partial charge in [0.25, 0.3) is 0 Å². The quantitative estimate of drug-likeness (QED) is 0.842. The summed E-state index contributed by atoms with van der Waals surface area (Å²) in [6, 6.07) is 15.4.